The maximum Gasteiger partial charge on any atom is 0.331 e. The SMILES string of the molecule is O=C(C=Cc1ccc(O)cc1)O[C@H](CO)[C@H](S)CS. The van der Waals surface area contributed by atoms with Crippen LogP contribution in [0.25, 0.3) is 6.08 Å². The third-order valence-corrected chi connectivity index (χ3v) is 3.57. The van der Waals surface area contributed by atoms with Crippen LogP contribution in [0.3, 0.4) is 0 Å². The van der Waals surface area contributed by atoms with Crippen LogP contribution in [0.5, 0.6) is 5.75 Å². The standard InChI is InChI=1S/C13H16O4S2/c14-7-11(12(19)8-18)17-13(16)6-3-9-1-4-10(15)5-2-9/h1-6,11-12,14-15,18-19H,7-8H2/t11-,12-/m1/s1. The second kappa shape index (κ2) is 8.14. The summed E-state index contributed by atoms with van der Waals surface area (Å²) in [4.78, 5) is 11.5. The smallest absolute Gasteiger partial charge is 0.331 e. The first-order chi connectivity index (χ1) is 9.06. The monoisotopic (exact) mass is 300 g/mol. The number of rotatable bonds is 6. The summed E-state index contributed by atoms with van der Waals surface area (Å²) in [5.41, 5.74) is 0.756. The molecular weight excluding hydrogens is 284 g/mol. The number of aromatic hydroxyl groups is 1. The van der Waals surface area contributed by atoms with E-state index in [9.17, 15) is 4.79 Å². The topological polar surface area (TPSA) is 66.8 Å². The van der Waals surface area contributed by atoms with Crippen molar-refractivity contribution in [3.05, 3.63) is 35.9 Å². The van der Waals surface area contributed by atoms with Crippen LogP contribution >= 0.6 is 25.3 Å². The van der Waals surface area contributed by atoms with Crippen LogP contribution in [0, 0.1) is 0 Å². The Labute approximate surface area is 122 Å². The van der Waals surface area contributed by atoms with Gasteiger partial charge in [0.2, 0.25) is 0 Å². The highest BCUT2D eigenvalue weighted by Crippen LogP contribution is 2.12. The number of carbonyl (C=O) groups excluding carboxylic acids is 1. The maximum absolute atomic E-state index is 11.5. The molecule has 104 valence electrons. The average Bonchev–Trinajstić information content (AvgIpc) is 2.43. The normalized spacial score (nSPS) is 14.3. The molecule has 0 radical (unpaired) electrons. The second-order valence-corrected chi connectivity index (χ2v) is 4.86. The van der Waals surface area contributed by atoms with E-state index in [4.69, 9.17) is 14.9 Å². The van der Waals surface area contributed by atoms with Gasteiger partial charge in [0.1, 0.15) is 11.9 Å². The molecule has 2 N–H and O–H groups in total. The van der Waals surface area contributed by atoms with Crippen molar-refractivity contribution in [2.75, 3.05) is 12.4 Å². The minimum atomic E-state index is -0.683. The minimum Gasteiger partial charge on any atom is -0.508 e. The largest absolute Gasteiger partial charge is 0.508 e. The number of aliphatic hydroxyl groups is 1. The Morgan fingerprint density at radius 2 is 2.00 bits per heavy atom. The Morgan fingerprint density at radius 3 is 2.53 bits per heavy atom. The van der Waals surface area contributed by atoms with Gasteiger partial charge in [-0.2, -0.15) is 25.3 Å². The van der Waals surface area contributed by atoms with Gasteiger partial charge in [0.25, 0.3) is 0 Å². The van der Waals surface area contributed by atoms with Gasteiger partial charge >= 0.3 is 5.97 Å². The fourth-order valence-electron chi connectivity index (χ4n) is 1.29. The highest BCUT2D eigenvalue weighted by atomic mass is 32.1. The second-order valence-electron chi connectivity index (χ2n) is 3.83. The molecular formula is C13H16O4S2. The van der Waals surface area contributed by atoms with E-state index >= 15 is 0 Å². The predicted octanol–water partition coefficient (Wildman–Crippen LogP) is 1.54. The molecule has 0 bridgehead atoms. The first-order valence-electron chi connectivity index (χ1n) is 5.64. The number of benzene rings is 1. The maximum atomic E-state index is 11.5. The number of thiol groups is 2. The lowest BCUT2D eigenvalue weighted by Gasteiger charge is -2.19. The molecule has 0 saturated carbocycles. The van der Waals surface area contributed by atoms with Gasteiger partial charge < -0.3 is 14.9 Å². The summed E-state index contributed by atoms with van der Waals surface area (Å²) in [6.45, 7) is -0.298. The van der Waals surface area contributed by atoms with E-state index in [1.165, 1.54) is 18.2 Å². The zero-order chi connectivity index (χ0) is 14.3. The number of esters is 1. The summed E-state index contributed by atoms with van der Waals surface area (Å²) in [5.74, 6) is -0.0109. The third kappa shape index (κ3) is 5.59. The summed E-state index contributed by atoms with van der Waals surface area (Å²) >= 11 is 8.19. The minimum absolute atomic E-state index is 0.159. The fourth-order valence-corrected chi connectivity index (χ4v) is 1.68. The molecule has 0 amide bonds. The van der Waals surface area contributed by atoms with E-state index in [2.05, 4.69) is 25.3 Å². The van der Waals surface area contributed by atoms with Gasteiger partial charge in [0.05, 0.1) is 6.61 Å². The van der Waals surface area contributed by atoms with E-state index in [1.54, 1.807) is 18.2 Å². The molecule has 0 aromatic heterocycles. The van der Waals surface area contributed by atoms with Crippen molar-refractivity contribution in [1.82, 2.24) is 0 Å². The van der Waals surface area contributed by atoms with Crippen molar-refractivity contribution in [3.8, 4) is 5.75 Å². The average molecular weight is 300 g/mol. The molecule has 0 aliphatic rings. The summed E-state index contributed by atoms with van der Waals surface area (Å²) in [6, 6.07) is 6.37. The highest BCUT2D eigenvalue weighted by Gasteiger charge is 2.19. The van der Waals surface area contributed by atoms with Crippen LogP contribution in [-0.4, -0.2) is 39.9 Å². The highest BCUT2D eigenvalue weighted by molar-refractivity contribution is 7.84. The van der Waals surface area contributed by atoms with Crippen LogP contribution in [0.4, 0.5) is 0 Å². The third-order valence-electron chi connectivity index (χ3n) is 2.37. The first-order valence-corrected chi connectivity index (χ1v) is 6.79. The number of ether oxygens (including phenoxy) is 1. The lowest BCUT2D eigenvalue weighted by Crippen LogP contribution is -2.31. The zero-order valence-corrected chi connectivity index (χ0v) is 11.9. The van der Waals surface area contributed by atoms with E-state index in [0.29, 0.717) is 5.75 Å². The van der Waals surface area contributed by atoms with Gasteiger partial charge in [-0.15, -0.1) is 0 Å². The number of hydrogen-bond acceptors (Lipinski definition) is 6. The molecule has 1 rings (SSSR count). The molecule has 0 aliphatic carbocycles. The van der Waals surface area contributed by atoms with Crippen LogP contribution in [0.15, 0.2) is 30.3 Å². The summed E-state index contributed by atoms with van der Waals surface area (Å²) in [5, 5.41) is 17.9. The quantitative estimate of drug-likeness (QED) is 0.365. The molecule has 19 heavy (non-hydrogen) atoms. The van der Waals surface area contributed by atoms with Crippen LogP contribution in [0.2, 0.25) is 0 Å². The van der Waals surface area contributed by atoms with E-state index < -0.39 is 12.1 Å². The van der Waals surface area contributed by atoms with Crippen LogP contribution in [0.1, 0.15) is 5.56 Å². The molecule has 0 fully saturated rings. The van der Waals surface area contributed by atoms with Gasteiger partial charge in [-0.05, 0) is 23.8 Å². The van der Waals surface area contributed by atoms with E-state index in [-0.39, 0.29) is 17.6 Å². The summed E-state index contributed by atoms with van der Waals surface area (Å²) < 4.78 is 5.05. The fraction of sp³-hybridized carbons (Fsp3) is 0.308. The van der Waals surface area contributed by atoms with Crippen LogP contribution < -0.4 is 0 Å². The van der Waals surface area contributed by atoms with E-state index in [1.807, 2.05) is 0 Å². The Bertz CT molecular complexity index is 431. The number of hydrogen-bond donors (Lipinski definition) is 4. The van der Waals surface area contributed by atoms with Gasteiger partial charge in [0.15, 0.2) is 0 Å². The van der Waals surface area contributed by atoms with E-state index in [0.717, 1.165) is 5.56 Å². The first kappa shape index (κ1) is 15.9. The molecule has 0 unspecified atom stereocenters. The Balaban J connectivity index is 2.56. The molecule has 2 atom stereocenters. The number of phenols is 1. The zero-order valence-electron chi connectivity index (χ0n) is 10.1. The van der Waals surface area contributed by atoms with Crippen molar-refractivity contribution >= 4 is 37.3 Å². The van der Waals surface area contributed by atoms with Gasteiger partial charge in [-0.25, -0.2) is 4.79 Å². The molecule has 6 heteroatoms. The van der Waals surface area contributed by atoms with Gasteiger partial charge in [-0.3, -0.25) is 0 Å². The summed E-state index contributed by atoms with van der Waals surface area (Å²) in [7, 11) is 0. The summed E-state index contributed by atoms with van der Waals surface area (Å²) in [6.07, 6.45) is 2.14. The Hall–Kier alpha value is -1.11. The Kier molecular flexibility index (Phi) is 6.83. The molecule has 0 spiro atoms. The van der Waals surface area contributed by atoms with Crippen LogP contribution in [-0.2, 0) is 9.53 Å². The van der Waals surface area contributed by atoms with Gasteiger partial charge in [-0.1, -0.05) is 12.1 Å². The van der Waals surface area contributed by atoms with Crippen molar-refractivity contribution in [1.29, 1.82) is 0 Å². The predicted molar refractivity (Wildman–Crippen MR) is 80.7 cm³/mol. The van der Waals surface area contributed by atoms with Crippen molar-refractivity contribution in [3.63, 3.8) is 0 Å². The molecule has 0 aliphatic heterocycles. The van der Waals surface area contributed by atoms with Crippen molar-refractivity contribution in [2.24, 2.45) is 0 Å². The molecule has 4 nitrogen and oxygen atoms in total. The molecule has 1 aromatic rings. The molecule has 0 heterocycles. The number of phenolic OH excluding ortho intramolecular Hbond substituents is 1. The van der Waals surface area contributed by atoms with Crippen molar-refractivity contribution < 1.29 is 19.7 Å². The van der Waals surface area contributed by atoms with Gasteiger partial charge in [0, 0.05) is 17.1 Å². The van der Waals surface area contributed by atoms with Crippen molar-refractivity contribution in [2.45, 2.75) is 11.4 Å². The lowest BCUT2D eigenvalue weighted by molar-refractivity contribution is -0.144. The number of aliphatic hydroxyl groups excluding tert-OH is 1. The molecule has 1 aromatic carbocycles. The molecule has 0 saturated heterocycles. The number of carbonyl (C=O) groups is 1. The Morgan fingerprint density at radius 1 is 1.37 bits per heavy atom. The lowest BCUT2D eigenvalue weighted by atomic mass is 10.2.